The minimum Gasteiger partial charge on any atom is -0.391 e. The maximum atomic E-state index is 11.4. The molecule has 1 atom stereocenters. The first-order valence-electron chi connectivity index (χ1n) is 6.79. The van der Waals surface area contributed by atoms with Gasteiger partial charge < -0.3 is 15.7 Å². The lowest BCUT2D eigenvalue weighted by Gasteiger charge is -2.10. The highest BCUT2D eigenvalue weighted by atomic mass is 16.3. The van der Waals surface area contributed by atoms with E-state index in [1.165, 1.54) is 6.92 Å². The van der Waals surface area contributed by atoms with Gasteiger partial charge in [0.25, 0.3) is 0 Å². The van der Waals surface area contributed by atoms with Gasteiger partial charge in [0.15, 0.2) is 0 Å². The summed E-state index contributed by atoms with van der Waals surface area (Å²) in [6.45, 7) is 2.56. The molecule has 0 aromatic heterocycles. The van der Waals surface area contributed by atoms with Crippen LogP contribution in [0.1, 0.15) is 45.4 Å². The number of nitrogens with one attached hydrogen (secondary N) is 2. The van der Waals surface area contributed by atoms with Crippen LogP contribution in [-0.2, 0) is 9.59 Å². The van der Waals surface area contributed by atoms with Crippen molar-refractivity contribution in [3.63, 3.8) is 0 Å². The minimum absolute atomic E-state index is 0.00854. The predicted molar refractivity (Wildman–Crippen MR) is 68.9 cm³/mol. The summed E-state index contributed by atoms with van der Waals surface area (Å²) in [5.74, 6) is 0.402. The van der Waals surface area contributed by atoms with E-state index in [-0.39, 0.29) is 17.9 Å². The molecule has 1 fully saturated rings. The van der Waals surface area contributed by atoms with Crippen LogP contribution in [-0.4, -0.2) is 36.1 Å². The second-order valence-electron chi connectivity index (χ2n) is 5.00. The van der Waals surface area contributed by atoms with Gasteiger partial charge in [-0.1, -0.05) is 6.42 Å². The van der Waals surface area contributed by atoms with Gasteiger partial charge in [0, 0.05) is 26.4 Å². The molecule has 0 heterocycles. The van der Waals surface area contributed by atoms with Crippen LogP contribution in [0.3, 0.4) is 0 Å². The molecule has 1 aliphatic rings. The minimum atomic E-state index is -0.367. The van der Waals surface area contributed by atoms with Gasteiger partial charge in [-0.2, -0.15) is 0 Å². The van der Waals surface area contributed by atoms with Gasteiger partial charge >= 0.3 is 0 Å². The Hall–Kier alpha value is -1.10. The zero-order valence-electron chi connectivity index (χ0n) is 11.1. The van der Waals surface area contributed by atoms with E-state index in [0.717, 1.165) is 32.1 Å². The van der Waals surface area contributed by atoms with Crippen molar-refractivity contribution in [1.29, 1.82) is 0 Å². The molecule has 0 aliphatic heterocycles. The number of amides is 2. The summed E-state index contributed by atoms with van der Waals surface area (Å²) in [5, 5.41) is 15.1. The molecule has 1 saturated carbocycles. The lowest BCUT2D eigenvalue weighted by molar-refractivity contribution is -0.122. The van der Waals surface area contributed by atoms with Gasteiger partial charge in [-0.15, -0.1) is 0 Å². The van der Waals surface area contributed by atoms with Crippen molar-refractivity contribution in [2.24, 2.45) is 5.92 Å². The Morgan fingerprint density at radius 3 is 2.56 bits per heavy atom. The number of carbonyl (C=O) groups is 2. The third-order valence-electron chi connectivity index (χ3n) is 3.13. The Morgan fingerprint density at radius 1 is 1.22 bits per heavy atom. The number of hydrogen-bond donors (Lipinski definition) is 3. The van der Waals surface area contributed by atoms with Crippen molar-refractivity contribution < 1.29 is 14.7 Å². The fraction of sp³-hybridized carbons (Fsp3) is 0.846. The molecule has 5 nitrogen and oxygen atoms in total. The molecule has 0 saturated heterocycles. The Labute approximate surface area is 108 Å². The van der Waals surface area contributed by atoms with E-state index in [2.05, 4.69) is 10.6 Å². The van der Waals surface area contributed by atoms with E-state index in [1.54, 1.807) is 0 Å². The number of aliphatic hydroxyl groups is 1. The van der Waals surface area contributed by atoms with Gasteiger partial charge in [-0.05, 0) is 31.6 Å². The highest BCUT2D eigenvalue weighted by molar-refractivity contribution is 5.75. The molecular formula is C13H24N2O3. The zero-order valence-corrected chi connectivity index (χ0v) is 11.1. The Morgan fingerprint density at radius 2 is 1.94 bits per heavy atom. The van der Waals surface area contributed by atoms with Crippen LogP contribution < -0.4 is 10.6 Å². The van der Waals surface area contributed by atoms with Crippen molar-refractivity contribution in [2.45, 2.75) is 51.6 Å². The van der Waals surface area contributed by atoms with Crippen LogP contribution >= 0.6 is 0 Å². The lowest BCUT2D eigenvalue weighted by Crippen LogP contribution is -2.32. The molecule has 1 aliphatic carbocycles. The van der Waals surface area contributed by atoms with Gasteiger partial charge in [0.1, 0.15) is 0 Å². The monoisotopic (exact) mass is 256 g/mol. The topological polar surface area (TPSA) is 78.4 Å². The first kappa shape index (κ1) is 15.0. The number of rotatable bonds is 9. The first-order chi connectivity index (χ1) is 8.59. The molecule has 18 heavy (non-hydrogen) atoms. The molecule has 5 heteroatoms. The Kier molecular flexibility index (Phi) is 6.72. The summed E-state index contributed by atoms with van der Waals surface area (Å²) in [4.78, 5) is 22.0. The normalized spacial score (nSPS) is 16.1. The summed E-state index contributed by atoms with van der Waals surface area (Å²) in [6.07, 6.45) is 4.95. The summed E-state index contributed by atoms with van der Waals surface area (Å²) >= 11 is 0. The van der Waals surface area contributed by atoms with Crippen LogP contribution in [0.15, 0.2) is 0 Å². The number of unbranched alkanes of at least 4 members (excludes halogenated alkanes) is 2. The Bertz CT molecular complexity index is 277. The number of aliphatic hydroxyl groups excluding tert-OH is 1. The largest absolute Gasteiger partial charge is 0.391 e. The number of carbonyl (C=O) groups excluding carboxylic acids is 2. The van der Waals surface area contributed by atoms with Crippen LogP contribution in [0.5, 0.6) is 0 Å². The predicted octanol–water partition coefficient (Wildman–Crippen LogP) is 0.570. The molecule has 104 valence electrons. The highest BCUT2D eigenvalue weighted by Gasteiger charge is 2.29. The quantitative estimate of drug-likeness (QED) is 0.528. The van der Waals surface area contributed by atoms with Gasteiger partial charge in [-0.3, -0.25) is 9.59 Å². The van der Waals surface area contributed by atoms with E-state index in [1.807, 2.05) is 0 Å². The van der Waals surface area contributed by atoms with E-state index in [9.17, 15) is 14.7 Å². The lowest BCUT2D eigenvalue weighted by atomic mass is 10.2. The molecule has 3 N–H and O–H groups in total. The maximum absolute atomic E-state index is 11.4. The zero-order chi connectivity index (χ0) is 13.4. The molecule has 0 bridgehead atoms. The molecular weight excluding hydrogens is 232 g/mol. The van der Waals surface area contributed by atoms with Gasteiger partial charge in [-0.25, -0.2) is 0 Å². The van der Waals surface area contributed by atoms with Crippen LogP contribution in [0, 0.1) is 5.92 Å². The Balaban J connectivity index is 1.88. The third-order valence-corrected chi connectivity index (χ3v) is 3.13. The van der Waals surface area contributed by atoms with Crippen LogP contribution in [0.4, 0.5) is 0 Å². The van der Waals surface area contributed by atoms with E-state index < -0.39 is 0 Å². The highest BCUT2D eigenvalue weighted by Crippen LogP contribution is 2.32. The molecule has 2 amide bonds. The van der Waals surface area contributed by atoms with E-state index in [0.29, 0.717) is 25.4 Å². The summed E-state index contributed by atoms with van der Waals surface area (Å²) < 4.78 is 0. The molecule has 0 aromatic rings. The second-order valence-corrected chi connectivity index (χ2v) is 5.00. The fourth-order valence-electron chi connectivity index (χ4n) is 1.81. The van der Waals surface area contributed by atoms with Crippen molar-refractivity contribution in [1.82, 2.24) is 10.6 Å². The number of hydrogen-bond acceptors (Lipinski definition) is 3. The smallest absolute Gasteiger partial charge is 0.220 e. The van der Waals surface area contributed by atoms with Crippen LogP contribution in [0.2, 0.25) is 0 Å². The van der Waals surface area contributed by atoms with Crippen molar-refractivity contribution in [3.05, 3.63) is 0 Å². The molecule has 0 spiro atoms. The average Bonchev–Trinajstić information content (AvgIpc) is 3.14. The second kappa shape index (κ2) is 8.08. The molecule has 0 radical (unpaired) electrons. The fourth-order valence-corrected chi connectivity index (χ4v) is 1.81. The molecule has 1 rings (SSSR count). The summed E-state index contributed by atoms with van der Waals surface area (Å²) in [5.41, 5.74) is 0. The molecule has 1 unspecified atom stereocenters. The van der Waals surface area contributed by atoms with Crippen molar-refractivity contribution in [3.8, 4) is 0 Å². The summed E-state index contributed by atoms with van der Waals surface area (Å²) in [7, 11) is 0. The van der Waals surface area contributed by atoms with E-state index >= 15 is 0 Å². The average molecular weight is 256 g/mol. The SMILES string of the molecule is CC(=O)NCCCCCC(=O)NCC(O)C1CC1. The summed E-state index contributed by atoms with van der Waals surface area (Å²) in [6, 6.07) is 0. The van der Waals surface area contributed by atoms with Gasteiger partial charge in [0.2, 0.25) is 11.8 Å². The van der Waals surface area contributed by atoms with Crippen molar-refractivity contribution >= 4 is 11.8 Å². The maximum Gasteiger partial charge on any atom is 0.220 e. The first-order valence-corrected chi connectivity index (χ1v) is 6.79. The third kappa shape index (κ3) is 7.27. The van der Waals surface area contributed by atoms with Crippen LogP contribution in [0.25, 0.3) is 0 Å². The van der Waals surface area contributed by atoms with E-state index in [4.69, 9.17) is 0 Å². The standard InChI is InChI=1S/C13H24N2O3/c1-10(16)14-8-4-2-3-5-13(18)15-9-12(17)11-6-7-11/h11-12,17H,2-9H2,1H3,(H,14,16)(H,15,18). The van der Waals surface area contributed by atoms with Gasteiger partial charge in [0.05, 0.1) is 6.10 Å². The van der Waals surface area contributed by atoms with Crippen molar-refractivity contribution in [2.75, 3.05) is 13.1 Å². The molecule has 0 aromatic carbocycles.